The van der Waals surface area contributed by atoms with Crippen molar-refractivity contribution in [3.63, 3.8) is 0 Å². The van der Waals surface area contributed by atoms with E-state index in [1.807, 2.05) is 0 Å². The second-order valence-corrected chi connectivity index (χ2v) is 10.1. The Hall–Kier alpha value is -2.63. The number of thioether (sulfide) groups is 1. The van der Waals surface area contributed by atoms with Gasteiger partial charge in [-0.3, -0.25) is 14.4 Å². The Morgan fingerprint density at radius 1 is 1.35 bits per heavy atom. The number of ether oxygens (including phenoxy) is 1. The van der Waals surface area contributed by atoms with Crippen LogP contribution in [0.25, 0.3) is 0 Å². The number of halogens is 3. The van der Waals surface area contributed by atoms with Crippen LogP contribution >= 0.6 is 23.4 Å². The average molecular weight is 512 g/mol. The molecule has 2 atom stereocenters. The summed E-state index contributed by atoms with van der Waals surface area (Å²) in [6.45, 7) is 0.912. The van der Waals surface area contributed by atoms with E-state index in [0.717, 1.165) is 12.1 Å². The van der Waals surface area contributed by atoms with Gasteiger partial charge in [-0.05, 0) is 18.9 Å². The molecule has 34 heavy (non-hydrogen) atoms. The van der Waals surface area contributed by atoms with Gasteiger partial charge >= 0.3 is 0 Å². The molecule has 0 aliphatic carbocycles. The lowest BCUT2D eigenvalue weighted by atomic mass is 9.96. The highest BCUT2D eigenvalue weighted by atomic mass is 35.5. The van der Waals surface area contributed by atoms with Crippen LogP contribution in [0.4, 0.5) is 8.78 Å². The molecule has 180 valence electrons. The zero-order chi connectivity index (χ0) is 24.2. The predicted octanol–water partition coefficient (Wildman–Crippen LogP) is 2.67. The first-order chi connectivity index (χ1) is 16.3. The first kappa shape index (κ1) is 23.1. The van der Waals surface area contributed by atoms with E-state index in [1.54, 1.807) is 16.7 Å². The molecule has 0 radical (unpaired) electrons. The van der Waals surface area contributed by atoms with Gasteiger partial charge in [-0.2, -0.15) is 0 Å². The molecule has 3 aliphatic heterocycles. The Bertz CT molecular complexity index is 1270. The van der Waals surface area contributed by atoms with Crippen LogP contribution in [0, 0.1) is 11.6 Å². The van der Waals surface area contributed by atoms with Gasteiger partial charge in [0, 0.05) is 37.2 Å². The van der Waals surface area contributed by atoms with Gasteiger partial charge in [-0.25, -0.2) is 8.78 Å². The molecule has 1 spiro atoms. The largest absolute Gasteiger partial charge is 0.503 e. The van der Waals surface area contributed by atoms with Gasteiger partial charge in [0.15, 0.2) is 11.4 Å². The molecular formula is C22H20ClF2N3O5S. The number of rotatable bonds is 3. The highest BCUT2D eigenvalue weighted by Gasteiger charge is 2.56. The summed E-state index contributed by atoms with van der Waals surface area (Å²) in [5.41, 5.74) is -1.61. The second kappa shape index (κ2) is 8.54. The summed E-state index contributed by atoms with van der Waals surface area (Å²) in [7, 11) is 0. The van der Waals surface area contributed by atoms with Gasteiger partial charge in [-0.1, -0.05) is 17.7 Å². The van der Waals surface area contributed by atoms with E-state index in [-0.39, 0.29) is 29.4 Å². The summed E-state index contributed by atoms with van der Waals surface area (Å²) in [5, 5.41) is 12.4. The fraction of sp³-hybridized carbons (Fsp3) is 0.409. The van der Waals surface area contributed by atoms with Gasteiger partial charge in [-0.15, -0.1) is 11.8 Å². The Balaban J connectivity index is 1.53. The van der Waals surface area contributed by atoms with Crippen LogP contribution in [-0.2, 0) is 11.3 Å². The molecule has 0 unspecified atom stereocenters. The minimum absolute atomic E-state index is 0.0740. The maximum absolute atomic E-state index is 14.2. The number of nitrogens with zero attached hydrogens (tertiary/aromatic N) is 2. The summed E-state index contributed by atoms with van der Waals surface area (Å²) in [6, 6.07) is 1.78. The van der Waals surface area contributed by atoms with Crippen molar-refractivity contribution >= 4 is 35.2 Å². The zero-order valence-electron chi connectivity index (χ0n) is 17.8. The van der Waals surface area contributed by atoms with Crippen molar-refractivity contribution in [3.05, 3.63) is 62.0 Å². The minimum atomic E-state index is -1.02. The number of aromatic nitrogens is 1. The summed E-state index contributed by atoms with van der Waals surface area (Å²) < 4.78 is 34.9. The van der Waals surface area contributed by atoms with Gasteiger partial charge in [0.25, 0.3) is 11.8 Å². The highest BCUT2D eigenvalue weighted by molar-refractivity contribution is 8.01. The Morgan fingerprint density at radius 3 is 2.94 bits per heavy atom. The standard InChI is InChI=1S/C22H20ClF2N3O5S/c23-15-13(24)4-3-11(16(15)25)8-26-20(31)12-9-27-14-2-1-6-33-10-22(14)28(5-7-34-22)21(32)17(27)19(30)18(12)29/h3-4,9,14,30H,1-2,5-8,10H2,(H,26,31)/t14-,22-/m1/s1. The van der Waals surface area contributed by atoms with E-state index in [4.69, 9.17) is 16.3 Å². The topological polar surface area (TPSA) is 101 Å². The second-order valence-electron chi connectivity index (χ2n) is 8.35. The lowest BCUT2D eigenvalue weighted by molar-refractivity contribution is 0.0238. The summed E-state index contributed by atoms with van der Waals surface area (Å²) in [5.74, 6) is -3.43. The van der Waals surface area contributed by atoms with Crippen LogP contribution in [0.2, 0.25) is 5.02 Å². The molecule has 2 aromatic rings. The lowest BCUT2D eigenvalue weighted by Gasteiger charge is -2.47. The van der Waals surface area contributed by atoms with E-state index in [0.29, 0.717) is 38.4 Å². The monoisotopic (exact) mass is 511 g/mol. The Kier molecular flexibility index (Phi) is 5.81. The highest BCUT2D eigenvalue weighted by Crippen LogP contribution is 2.51. The molecule has 0 saturated carbocycles. The van der Waals surface area contributed by atoms with E-state index in [1.165, 1.54) is 10.8 Å². The van der Waals surface area contributed by atoms with E-state index in [2.05, 4.69) is 5.32 Å². The zero-order valence-corrected chi connectivity index (χ0v) is 19.3. The quantitative estimate of drug-likeness (QED) is 0.615. The third-order valence-corrected chi connectivity index (χ3v) is 8.36. The first-order valence-corrected chi connectivity index (χ1v) is 12.0. The molecule has 1 aromatic heterocycles. The normalized spacial score (nSPS) is 23.7. The number of aromatic hydroxyl groups is 1. The molecule has 2 N–H and O–H groups in total. The maximum Gasteiger partial charge on any atom is 0.275 e. The number of fused-ring (bicyclic) bond motifs is 2. The molecular weight excluding hydrogens is 492 g/mol. The SMILES string of the molecule is O=C(NCc1ccc(F)c(Cl)c1F)c1cn2c(c(O)c1=O)C(=O)N1CCS[C@@]13COCCC[C@@H]23. The van der Waals surface area contributed by atoms with Crippen molar-refractivity contribution in [2.45, 2.75) is 30.3 Å². The van der Waals surface area contributed by atoms with Crippen LogP contribution in [-0.4, -0.2) is 56.8 Å². The molecule has 12 heteroatoms. The van der Waals surface area contributed by atoms with Crippen molar-refractivity contribution in [3.8, 4) is 5.75 Å². The number of nitrogens with one attached hydrogen (secondary N) is 1. The van der Waals surface area contributed by atoms with Gasteiger partial charge in [0.1, 0.15) is 27.1 Å². The van der Waals surface area contributed by atoms with Crippen molar-refractivity contribution in [1.82, 2.24) is 14.8 Å². The molecule has 2 saturated heterocycles. The van der Waals surface area contributed by atoms with Crippen LogP contribution < -0.4 is 10.7 Å². The molecule has 5 rings (SSSR count). The number of carbonyl (C=O) groups is 2. The Labute approximate surface area is 201 Å². The number of pyridine rings is 1. The molecule has 8 nitrogen and oxygen atoms in total. The fourth-order valence-corrected chi connectivity index (χ4v) is 6.60. The van der Waals surface area contributed by atoms with Gasteiger partial charge < -0.3 is 24.6 Å². The average Bonchev–Trinajstić information content (AvgIpc) is 3.13. The molecule has 0 bridgehead atoms. The number of hydrogen-bond acceptors (Lipinski definition) is 6. The molecule has 4 heterocycles. The summed E-state index contributed by atoms with van der Waals surface area (Å²) >= 11 is 7.17. The van der Waals surface area contributed by atoms with Crippen molar-refractivity contribution in [2.75, 3.05) is 25.5 Å². The summed E-state index contributed by atoms with van der Waals surface area (Å²) in [6.07, 6.45) is 2.60. The molecule has 2 fully saturated rings. The number of carbonyl (C=O) groups excluding carboxylic acids is 2. The first-order valence-electron chi connectivity index (χ1n) is 10.7. The van der Waals surface area contributed by atoms with Crippen LogP contribution in [0.1, 0.15) is 45.3 Å². The molecule has 3 aliphatic rings. The third kappa shape index (κ3) is 3.40. The van der Waals surface area contributed by atoms with Crippen LogP contribution in [0.15, 0.2) is 23.1 Å². The predicted molar refractivity (Wildman–Crippen MR) is 120 cm³/mol. The van der Waals surface area contributed by atoms with E-state index in [9.17, 15) is 28.3 Å². The molecule has 2 amide bonds. The van der Waals surface area contributed by atoms with Crippen molar-refractivity contribution < 1.29 is 28.2 Å². The van der Waals surface area contributed by atoms with Crippen molar-refractivity contribution in [2.24, 2.45) is 0 Å². The molecule has 1 aromatic carbocycles. The van der Waals surface area contributed by atoms with Crippen LogP contribution in [0.5, 0.6) is 5.75 Å². The van der Waals surface area contributed by atoms with Crippen molar-refractivity contribution in [1.29, 1.82) is 0 Å². The fourth-order valence-electron chi connectivity index (χ4n) is 4.87. The third-order valence-electron chi connectivity index (χ3n) is 6.51. The lowest BCUT2D eigenvalue weighted by Crippen LogP contribution is -2.58. The number of benzene rings is 1. The van der Waals surface area contributed by atoms with Gasteiger partial charge in [0.2, 0.25) is 5.43 Å². The number of hydrogen-bond donors (Lipinski definition) is 2. The van der Waals surface area contributed by atoms with Crippen LogP contribution in [0.3, 0.4) is 0 Å². The van der Waals surface area contributed by atoms with Gasteiger partial charge in [0.05, 0.1) is 12.6 Å². The Morgan fingerprint density at radius 2 is 2.15 bits per heavy atom. The number of amides is 2. The van der Waals surface area contributed by atoms with E-state index < -0.39 is 44.5 Å². The smallest absolute Gasteiger partial charge is 0.275 e. The maximum atomic E-state index is 14.2. The minimum Gasteiger partial charge on any atom is -0.503 e. The summed E-state index contributed by atoms with van der Waals surface area (Å²) in [4.78, 5) is 40.0. The van der Waals surface area contributed by atoms with E-state index >= 15 is 0 Å².